The highest BCUT2D eigenvalue weighted by Crippen LogP contribution is 2.42. The predicted octanol–water partition coefficient (Wildman–Crippen LogP) is 4.68. The summed E-state index contributed by atoms with van der Waals surface area (Å²) in [6.45, 7) is 4.62. The standard InChI is InChI=1S/C26H25FN6OS/c1-17-15-28-26(30-23(17)22-3-2-14-35-22)33-24(18-4-5-18)21(16-29-33)25(34)32-12-10-31(11-13-32)20-8-6-19(27)7-9-20/h2-3,6-9,14-16,18H,4-5,10-13H2,1H3. The largest absolute Gasteiger partial charge is 0.368 e. The van der Waals surface area contributed by atoms with Gasteiger partial charge in [-0.1, -0.05) is 6.07 Å². The molecule has 7 nitrogen and oxygen atoms in total. The minimum atomic E-state index is -0.243. The summed E-state index contributed by atoms with van der Waals surface area (Å²) in [5.74, 6) is 0.558. The average molecular weight is 489 g/mol. The number of thiophene rings is 1. The third kappa shape index (κ3) is 4.20. The van der Waals surface area contributed by atoms with Gasteiger partial charge in [0, 0.05) is 44.0 Å². The molecule has 0 radical (unpaired) electrons. The molecule has 4 heterocycles. The first kappa shape index (κ1) is 21.9. The third-order valence-electron chi connectivity index (χ3n) is 6.66. The van der Waals surface area contributed by atoms with Crippen molar-refractivity contribution in [2.75, 3.05) is 31.1 Å². The van der Waals surface area contributed by atoms with Gasteiger partial charge in [0.2, 0.25) is 0 Å². The maximum atomic E-state index is 13.6. The lowest BCUT2D eigenvalue weighted by molar-refractivity contribution is 0.0745. The summed E-state index contributed by atoms with van der Waals surface area (Å²) in [4.78, 5) is 28.1. The van der Waals surface area contributed by atoms with Crippen LogP contribution < -0.4 is 4.90 Å². The van der Waals surface area contributed by atoms with Crippen LogP contribution in [0.1, 0.15) is 40.4 Å². The van der Waals surface area contributed by atoms with Crippen molar-refractivity contribution in [2.45, 2.75) is 25.7 Å². The molecule has 2 fully saturated rings. The maximum Gasteiger partial charge on any atom is 0.257 e. The number of aromatic nitrogens is 4. The van der Waals surface area contributed by atoms with E-state index in [2.05, 4.69) is 21.0 Å². The lowest BCUT2D eigenvalue weighted by Gasteiger charge is -2.36. The van der Waals surface area contributed by atoms with Crippen LogP contribution in [0.4, 0.5) is 10.1 Å². The van der Waals surface area contributed by atoms with Crippen LogP contribution in [0.2, 0.25) is 0 Å². The number of nitrogens with zero attached hydrogens (tertiary/aromatic N) is 6. The molecular weight excluding hydrogens is 463 g/mol. The first-order valence-corrected chi connectivity index (χ1v) is 12.7. The Labute approximate surface area is 206 Å². The van der Waals surface area contributed by atoms with Crippen LogP contribution in [0.3, 0.4) is 0 Å². The van der Waals surface area contributed by atoms with E-state index in [4.69, 9.17) is 4.98 Å². The number of aryl methyl sites for hydroxylation is 1. The van der Waals surface area contributed by atoms with Crippen LogP contribution in [0.15, 0.2) is 54.2 Å². The molecule has 1 saturated heterocycles. The molecule has 9 heteroatoms. The number of benzene rings is 1. The fourth-order valence-corrected chi connectivity index (χ4v) is 5.40. The third-order valence-corrected chi connectivity index (χ3v) is 7.54. The molecule has 0 atom stereocenters. The smallest absolute Gasteiger partial charge is 0.257 e. The van der Waals surface area contributed by atoms with Crippen molar-refractivity contribution in [3.05, 3.63) is 76.8 Å². The first-order valence-electron chi connectivity index (χ1n) is 11.8. The van der Waals surface area contributed by atoms with E-state index in [-0.39, 0.29) is 11.7 Å². The van der Waals surface area contributed by atoms with Crippen molar-refractivity contribution in [3.63, 3.8) is 0 Å². The van der Waals surface area contributed by atoms with E-state index in [9.17, 15) is 9.18 Å². The summed E-state index contributed by atoms with van der Waals surface area (Å²) in [5.41, 5.74) is 4.43. The van der Waals surface area contributed by atoms with Gasteiger partial charge in [0.1, 0.15) is 5.82 Å². The number of amides is 1. The highest BCUT2D eigenvalue weighted by atomic mass is 32.1. The number of halogens is 1. The summed E-state index contributed by atoms with van der Waals surface area (Å²) < 4.78 is 15.0. The van der Waals surface area contributed by atoms with Crippen LogP contribution in [-0.4, -0.2) is 56.7 Å². The molecule has 0 spiro atoms. The molecule has 1 aliphatic carbocycles. The molecule has 6 rings (SSSR count). The van der Waals surface area contributed by atoms with E-state index in [1.807, 2.05) is 29.5 Å². The number of piperazine rings is 1. The number of hydrogen-bond acceptors (Lipinski definition) is 6. The molecule has 1 saturated carbocycles. The van der Waals surface area contributed by atoms with Gasteiger partial charge in [-0.15, -0.1) is 11.3 Å². The maximum absolute atomic E-state index is 13.6. The van der Waals surface area contributed by atoms with Gasteiger partial charge in [-0.05, 0) is 61.0 Å². The fourth-order valence-electron chi connectivity index (χ4n) is 4.62. The lowest BCUT2D eigenvalue weighted by Crippen LogP contribution is -2.49. The molecule has 3 aromatic heterocycles. The van der Waals surface area contributed by atoms with Crippen LogP contribution in [0.25, 0.3) is 16.5 Å². The van der Waals surface area contributed by atoms with Crippen LogP contribution in [0, 0.1) is 12.7 Å². The molecule has 1 amide bonds. The second-order valence-electron chi connectivity index (χ2n) is 9.06. The normalized spacial score (nSPS) is 16.1. The van der Waals surface area contributed by atoms with Crippen molar-refractivity contribution >= 4 is 22.9 Å². The lowest BCUT2D eigenvalue weighted by atomic mass is 10.1. The Morgan fingerprint density at radius 1 is 1.06 bits per heavy atom. The topological polar surface area (TPSA) is 67.2 Å². The van der Waals surface area contributed by atoms with Gasteiger partial charge in [0.05, 0.1) is 28.0 Å². The average Bonchev–Trinajstić information content (AvgIpc) is 3.38. The van der Waals surface area contributed by atoms with Crippen LogP contribution in [-0.2, 0) is 0 Å². The SMILES string of the molecule is Cc1cnc(-n2ncc(C(=O)N3CCN(c4ccc(F)cc4)CC3)c2C2CC2)nc1-c1cccs1. The van der Waals surface area contributed by atoms with Crippen molar-refractivity contribution in [1.82, 2.24) is 24.6 Å². The molecule has 178 valence electrons. The molecule has 4 aromatic rings. The van der Waals surface area contributed by atoms with Crippen molar-refractivity contribution in [1.29, 1.82) is 0 Å². The van der Waals surface area contributed by atoms with Crippen molar-refractivity contribution in [3.8, 4) is 16.5 Å². The summed E-state index contributed by atoms with van der Waals surface area (Å²) in [6, 6.07) is 10.6. The van der Waals surface area contributed by atoms with Crippen molar-refractivity contribution in [2.24, 2.45) is 0 Å². The van der Waals surface area contributed by atoms with Gasteiger partial charge >= 0.3 is 0 Å². The zero-order chi connectivity index (χ0) is 23.9. The zero-order valence-electron chi connectivity index (χ0n) is 19.4. The van der Waals surface area contributed by atoms with E-state index >= 15 is 0 Å². The van der Waals surface area contributed by atoms with E-state index in [1.54, 1.807) is 34.3 Å². The Balaban J connectivity index is 1.25. The summed E-state index contributed by atoms with van der Waals surface area (Å²) in [7, 11) is 0. The van der Waals surface area contributed by atoms with Gasteiger partial charge < -0.3 is 9.80 Å². The highest BCUT2D eigenvalue weighted by molar-refractivity contribution is 7.13. The van der Waals surface area contributed by atoms with Crippen LogP contribution >= 0.6 is 11.3 Å². The minimum absolute atomic E-state index is 0.00231. The highest BCUT2D eigenvalue weighted by Gasteiger charge is 2.35. The number of carbonyl (C=O) groups excluding carboxylic acids is 1. The molecule has 0 N–H and O–H groups in total. The molecule has 0 bridgehead atoms. The number of anilines is 1. The minimum Gasteiger partial charge on any atom is -0.368 e. The van der Waals surface area contributed by atoms with E-state index in [0.29, 0.717) is 43.6 Å². The van der Waals surface area contributed by atoms with Gasteiger partial charge in [-0.25, -0.2) is 19.0 Å². The Bertz CT molecular complexity index is 1360. The first-order chi connectivity index (χ1) is 17.1. The van der Waals surface area contributed by atoms with Crippen LogP contribution in [0.5, 0.6) is 0 Å². The van der Waals surface area contributed by atoms with Gasteiger partial charge in [-0.3, -0.25) is 4.79 Å². The summed E-state index contributed by atoms with van der Waals surface area (Å²) in [6.07, 6.45) is 5.57. The molecule has 1 aromatic carbocycles. The number of carbonyl (C=O) groups is 1. The van der Waals surface area contributed by atoms with E-state index in [0.717, 1.165) is 40.4 Å². The van der Waals surface area contributed by atoms with Gasteiger partial charge in [0.25, 0.3) is 11.9 Å². The second-order valence-corrected chi connectivity index (χ2v) is 10.0. The monoisotopic (exact) mass is 488 g/mol. The molecular formula is C26H25FN6OS. The predicted molar refractivity (Wildman–Crippen MR) is 134 cm³/mol. The van der Waals surface area contributed by atoms with Crippen molar-refractivity contribution < 1.29 is 9.18 Å². The van der Waals surface area contributed by atoms with E-state index in [1.165, 1.54) is 12.1 Å². The summed E-state index contributed by atoms with van der Waals surface area (Å²) in [5, 5.41) is 6.62. The molecule has 35 heavy (non-hydrogen) atoms. The summed E-state index contributed by atoms with van der Waals surface area (Å²) >= 11 is 1.64. The van der Waals surface area contributed by atoms with Gasteiger partial charge in [0.15, 0.2) is 0 Å². The zero-order valence-corrected chi connectivity index (χ0v) is 20.2. The quantitative estimate of drug-likeness (QED) is 0.408. The molecule has 2 aliphatic rings. The number of hydrogen-bond donors (Lipinski definition) is 0. The van der Waals surface area contributed by atoms with E-state index < -0.39 is 0 Å². The Morgan fingerprint density at radius 2 is 1.83 bits per heavy atom. The Kier molecular flexibility index (Phi) is 5.56. The molecule has 1 aliphatic heterocycles. The van der Waals surface area contributed by atoms with Gasteiger partial charge in [-0.2, -0.15) is 5.10 Å². The fraction of sp³-hybridized carbons (Fsp3) is 0.308. The Morgan fingerprint density at radius 3 is 2.51 bits per heavy atom. The number of rotatable bonds is 5. The molecule has 0 unspecified atom stereocenters. The Hall–Kier alpha value is -3.59. The second kappa shape index (κ2) is 8.88.